The average molecular weight is 701 g/mol. The van der Waals surface area contributed by atoms with Crippen molar-refractivity contribution < 1.29 is 17.6 Å². The van der Waals surface area contributed by atoms with Gasteiger partial charge in [0.25, 0.3) is 15.9 Å². The predicted molar refractivity (Wildman–Crippen MR) is 190 cm³/mol. The molecular formula is C33H37FN12O3S. The van der Waals surface area contributed by atoms with Gasteiger partial charge in [-0.15, -0.1) is 4.40 Å². The molecule has 1 amide bonds. The Kier molecular flexibility index (Phi) is 10.5. The van der Waals surface area contributed by atoms with Crippen molar-refractivity contribution in [2.24, 2.45) is 15.1 Å². The lowest BCUT2D eigenvalue weighted by molar-refractivity contribution is 0.102. The Balaban J connectivity index is 1.08. The maximum absolute atomic E-state index is 14.4. The molecule has 2 aromatic carbocycles. The van der Waals surface area contributed by atoms with Crippen LogP contribution in [0.1, 0.15) is 28.0 Å². The highest BCUT2D eigenvalue weighted by Gasteiger charge is 2.20. The monoisotopic (exact) mass is 700 g/mol. The summed E-state index contributed by atoms with van der Waals surface area (Å²) in [7, 11) is -2.14. The van der Waals surface area contributed by atoms with E-state index in [1.165, 1.54) is 30.2 Å². The Morgan fingerprint density at radius 3 is 2.64 bits per heavy atom. The van der Waals surface area contributed by atoms with Crippen LogP contribution < -0.4 is 16.4 Å². The second-order valence-electron chi connectivity index (χ2n) is 11.8. The standard InChI is InChI=1S/C33H37FN12O3S/c1-44-13-15-45(16-14-44)19-24-4-7-25(8-5-24)41-33(47)30-28(18-39-43-30)42-31-26-10-12-46(32(26)38-22-37-31)11-2-3-23-6-9-27(34)29(17-23)50(48,49)40-21-36-20-35/h4-10,12,17-18,20-22H,2-3,11,13-16,19H2,1H3,(H,39,43)(H,41,47)(H2,35,36,40)(H,37,38,42). The van der Waals surface area contributed by atoms with Crippen LogP contribution in [-0.2, 0) is 29.5 Å². The van der Waals surface area contributed by atoms with Crippen LogP contribution in [0.5, 0.6) is 0 Å². The zero-order chi connectivity index (χ0) is 35.1. The molecule has 260 valence electrons. The third-order valence-corrected chi connectivity index (χ3v) is 9.61. The van der Waals surface area contributed by atoms with Gasteiger partial charge in [-0.25, -0.2) is 19.4 Å². The largest absolute Gasteiger partial charge is 0.390 e. The first-order chi connectivity index (χ1) is 24.2. The Morgan fingerprint density at radius 1 is 1.08 bits per heavy atom. The van der Waals surface area contributed by atoms with Crippen LogP contribution in [0.4, 0.5) is 21.6 Å². The number of H-pyrrole nitrogens is 1. The van der Waals surface area contributed by atoms with E-state index in [1.54, 1.807) is 0 Å². The van der Waals surface area contributed by atoms with Crippen LogP contribution in [0, 0.1) is 5.82 Å². The number of sulfonamides is 1. The van der Waals surface area contributed by atoms with Crippen molar-refractivity contribution in [2.45, 2.75) is 30.8 Å². The Labute approximate surface area is 288 Å². The van der Waals surface area contributed by atoms with Gasteiger partial charge in [0.05, 0.1) is 23.6 Å². The molecule has 0 aliphatic carbocycles. The minimum atomic E-state index is -4.28. The Hall–Kier alpha value is -5.52. The summed E-state index contributed by atoms with van der Waals surface area (Å²) < 4.78 is 44.5. The molecule has 5 N–H and O–H groups in total. The molecule has 1 aliphatic rings. The molecule has 0 radical (unpaired) electrons. The highest BCUT2D eigenvalue weighted by atomic mass is 32.2. The second kappa shape index (κ2) is 15.4. The van der Waals surface area contributed by atoms with Crippen LogP contribution >= 0.6 is 0 Å². The quantitative estimate of drug-likeness (QED) is 0.105. The number of anilines is 3. The molecule has 1 aliphatic heterocycles. The number of nitrogens with zero attached hydrogens (tertiary/aromatic N) is 8. The number of nitrogens with two attached hydrogens (primary N) is 1. The minimum absolute atomic E-state index is 0.246. The van der Waals surface area contributed by atoms with E-state index in [0.29, 0.717) is 47.8 Å². The Morgan fingerprint density at radius 2 is 1.86 bits per heavy atom. The van der Waals surface area contributed by atoms with Gasteiger partial charge in [0, 0.05) is 51.2 Å². The van der Waals surface area contributed by atoms with Crippen LogP contribution in [0.2, 0.25) is 0 Å². The number of aliphatic imine (C=N–C) groups is 1. The summed E-state index contributed by atoms with van der Waals surface area (Å²) in [6.45, 7) is 5.59. The van der Waals surface area contributed by atoms with Crippen LogP contribution in [-0.4, -0.2) is 94.8 Å². The summed E-state index contributed by atoms with van der Waals surface area (Å²) in [5, 5.41) is 13.7. The first-order valence-electron chi connectivity index (χ1n) is 15.9. The second-order valence-corrected chi connectivity index (χ2v) is 13.4. The predicted octanol–water partition coefficient (Wildman–Crippen LogP) is 3.37. The van der Waals surface area contributed by atoms with Crippen LogP contribution in [0.3, 0.4) is 0 Å². The number of halogens is 1. The third kappa shape index (κ3) is 8.19. The molecule has 15 nitrogen and oxygen atoms in total. The lowest BCUT2D eigenvalue weighted by Crippen LogP contribution is -2.43. The molecule has 0 spiro atoms. The number of aryl methyl sites for hydroxylation is 2. The van der Waals surface area contributed by atoms with Crippen molar-refractivity contribution in [1.82, 2.24) is 34.5 Å². The molecule has 0 unspecified atom stereocenters. The molecule has 5 aromatic rings. The van der Waals surface area contributed by atoms with Gasteiger partial charge in [-0.05, 0) is 61.3 Å². The molecule has 17 heteroatoms. The zero-order valence-corrected chi connectivity index (χ0v) is 28.1. The van der Waals surface area contributed by atoms with Gasteiger partial charge in [0.15, 0.2) is 0 Å². The number of likely N-dealkylation sites (N-methyl/N-ethyl adjacent to an activating group) is 1. The SMILES string of the molecule is CN1CCN(Cc2ccc(NC(=O)c3[nH]ncc3Nc3ncnc4c3ccn4CCCc3ccc(F)c(S(=O)(=O)/N=C/N=CN)c3)cc2)CC1. The van der Waals surface area contributed by atoms with Gasteiger partial charge in [-0.3, -0.25) is 14.8 Å². The molecule has 0 saturated carbocycles. The maximum Gasteiger partial charge on any atom is 0.286 e. The number of hydrogen-bond donors (Lipinski definition) is 4. The van der Waals surface area contributed by atoms with Gasteiger partial charge >= 0.3 is 0 Å². The van der Waals surface area contributed by atoms with E-state index in [-0.39, 0.29) is 11.6 Å². The number of aromatic amines is 1. The van der Waals surface area contributed by atoms with Gasteiger partial charge in [0.1, 0.15) is 40.5 Å². The van der Waals surface area contributed by atoms with Crippen molar-refractivity contribution in [1.29, 1.82) is 0 Å². The highest BCUT2D eigenvalue weighted by Crippen LogP contribution is 2.26. The lowest BCUT2D eigenvalue weighted by Gasteiger charge is -2.32. The van der Waals surface area contributed by atoms with E-state index in [4.69, 9.17) is 5.73 Å². The summed E-state index contributed by atoms with van der Waals surface area (Å²) in [5.74, 6) is -0.766. The molecular weight excluding hydrogens is 664 g/mol. The smallest absolute Gasteiger partial charge is 0.286 e. The van der Waals surface area contributed by atoms with E-state index >= 15 is 0 Å². The fourth-order valence-corrected chi connectivity index (χ4v) is 6.56. The topological polar surface area (TPSA) is 192 Å². The molecule has 0 atom stereocenters. The van der Waals surface area contributed by atoms with E-state index in [0.717, 1.165) is 56.9 Å². The number of benzene rings is 2. The number of amides is 1. The summed E-state index contributed by atoms with van der Waals surface area (Å²) in [6, 6.07) is 13.6. The van der Waals surface area contributed by atoms with Crippen molar-refractivity contribution in [3.8, 4) is 0 Å². The third-order valence-electron chi connectivity index (χ3n) is 8.37. The fraction of sp³-hybridized carbons (Fsp3) is 0.273. The van der Waals surface area contributed by atoms with Gasteiger partial charge in [-0.2, -0.15) is 13.5 Å². The van der Waals surface area contributed by atoms with Gasteiger partial charge in [-0.1, -0.05) is 18.2 Å². The number of carbonyl (C=O) groups excluding carboxylic acids is 1. The number of rotatable bonds is 13. The van der Waals surface area contributed by atoms with Crippen molar-refractivity contribution in [3.63, 3.8) is 0 Å². The minimum Gasteiger partial charge on any atom is -0.390 e. The van der Waals surface area contributed by atoms with Crippen molar-refractivity contribution in [2.75, 3.05) is 43.9 Å². The highest BCUT2D eigenvalue weighted by molar-refractivity contribution is 7.90. The molecule has 1 fully saturated rings. The number of hydrogen-bond acceptors (Lipinski definition) is 9. The van der Waals surface area contributed by atoms with E-state index < -0.39 is 20.7 Å². The number of carbonyl (C=O) groups is 1. The normalized spacial score (nSPS) is 14.6. The Bertz CT molecular complexity index is 2120. The molecule has 50 heavy (non-hydrogen) atoms. The summed E-state index contributed by atoms with van der Waals surface area (Å²) >= 11 is 0. The van der Waals surface area contributed by atoms with Crippen LogP contribution in [0.25, 0.3) is 11.0 Å². The molecule has 3 aromatic heterocycles. The summed E-state index contributed by atoms with van der Waals surface area (Å²) in [4.78, 5) is 29.7. The van der Waals surface area contributed by atoms with Gasteiger partial charge < -0.3 is 25.8 Å². The van der Waals surface area contributed by atoms with Crippen molar-refractivity contribution >= 4 is 56.8 Å². The number of aromatic nitrogens is 5. The summed E-state index contributed by atoms with van der Waals surface area (Å²) in [5.41, 5.74) is 8.94. The van der Waals surface area contributed by atoms with E-state index in [9.17, 15) is 17.6 Å². The molecule has 4 heterocycles. The fourth-order valence-electron chi connectivity index (χ4n) is 5.66. The zero-order valence-electron chi connectivity index (χ0n) is 27.3. The molecule has 6 rings (SSSR count). The average Bonchev–Trinajstić information content (AvgIpc) is 3.75. The van der Waals surface area contributed by atoms with Crippen LogP contribution in [0.15, 0.2) is 81.5 Å². The molecule has 1 saturated heterocycles. The number of piperazine rings is 1. The van der Waals surface area contributed by atoms with E-state index in [1.807, 2.05) is 41.1 Å². The molecule has 0 bridgehead atoms. The first kappa shape index (κ1) is 34.3. The number of nitrogens with one attached hydrogen (secondary N) is 3. The van der Waals surface area contributed by atoms with Crippen molar-refractivity contribution in [3.05, 3.63) is 89.9 Å². The van der Waals surface area contributed by atoms with Gasteiger partial charge in [0.2, 0.25) is 0 Å². The van der Waals surface area contributed by atoms with E-state index in [2.05, 4.69) is 57.0 Å². The summed E-state index contributed by atoms with van der Waals surface area (Å²) in [6.07, 6.45) is 7.52. The number of fused-ring (bicyclic) bond motifs is 1. The first-order valence-corrected chi connectivity index (χ1v) is 17.4. The maximum atomic E-state index is 14.4. The lowest BCUT2D eigenvalue weighted by atomic mass is 10.1.